The molecule has 2 amide bonds. The number of amides is 2. The standard InChI is InChI=1S/C12H14N2O4/c1-13-4-5-14(7-11(13)17)12(18)9-3-2-8(15)6-10(9)16/h2-3,6,15-16H,4-5,7H2,1H3. The first-order chi connectivity index (χ1) is 8.49. The van der Waals surface area contributed by atoms with Crippen LogP contribution in [0.1, 0.15) is 10.4 Å². The van der Waals surface area contributed by atoms with E-state index >= 15 is 0 Å². The maximum Gasteiger partial charge on any atom is 0.258 e. The molecule has 0 bridgehead atoms. The summed E-state index contributed by atoms with van der Waals surface area (Å²) in [4.78, 5) is 26.5. The van der Waals surface area contributed by atoms with E-state index in [2.05, 4.69) is 0 Å². The van der Waals surface area contributed by atoms with Crippen LogP contribution in [-0.2, 0) is 4.79 Å². The minimum absolute atomic E-state index is 0.00957. The minimum Gasteiger partial charge on any atom is -0.508 e. The highest BCUT2D eigenvalue weighted by molar-refractivity contribution is 5.99. The summed E-state index contributed by atoms with van der Waals surface area (Å²) in [6, 6.07) is 3.77. The molecule has 0 saturated carbocycles. The van der Waals surface area contributed by atoms with Crippen LogP contribution >= 0.6 is 0 Å². The highest BCUT2D eigenvalue weighted by Gasteiger charge is 2.26. The van der Waals surface area contributed by atoms with E-state index in [1.54, 1.807) is 11.9 Å². The Morgan fingerprint density at radius 3 is 2.61 bits per heavy atom. The lowest BCUT2D eigenvalue weighted by Crippen LogP contribution is -2.50. The molecule has 2 N–H and O–H groups in total. The number of hydrogen-bond acceptors (Lipinski definition) is 4. The molecule has 1 aliphatic heterocycles. The molecule has 1 aliphatic rings. The van der Waals surface area contributed by atoms with Gasteiger partial charge in [-0.05, 0) is 12.1 Å². The molecule has 0 unspecified atom stereocenters. The second-order valence-electron chi connectivity index (χ2n) is 4.24. The van der Waals surface area contributed by atoms with Crippen molar-refractivity contribution in [3.63, 3.8) is 0 Å². The van der Waals surface area contributed by atoms with Crippen molar-refractivity contribution in [1.82, 2.24) is 9.80 Å². The topological polar surface area (TPSA) is 81.1 Å². The predicted molar refractivity (Wildman–Crippen MR) is 63.3 cm³/mol. The number of phenols is 2. The lowest BCUT2D eigenvalue weighted by atomic mass is 10.1. The van der Waals surface area contributed by atoms with Crippen LogP contribution in [0.4, 0.5) is 0 Å². The van der Waals surface area contributed by atoms with Gasteiger partial charge in [0.15, 0.2) is 0 Å². The molecule has 96 valence electrons. The third-order valence-corrected chi connectivity index (χ3v) is 2.96. The van der Waals surface area contributed by atoms with Gasteiger partial charge in [-0.2, -0.15) is 0 Å². The highest BCUT2D eigenvalue weighted by Crippen LogP contribution is 2.24. The average molecular weight is 250 g/mol. The van der Waals surface area contributed by atoms with Gasteiger partial charge in [0.05, 0.1) is 5.56 Å². The third kappa shape index (κ3) is 2.22. The fraction of sp³-hybridized carbons (Fsp3) is 0.333. The number of aromatic hydroxyl groups is 2. The SMILES string of the molecule is CN1CCN(C(=O)c2ccc(O)cc2O)CC1=O. The van der Waals surface area contributed by atoms with Crippen molar-refractivity contribution < 1.29 is 19.8 Å². The second kappa shape index (κ2) is 4.56. The quantitative estimate of drug-likeness (QED) is 0.735. The van der Waals surface area contributed by atoms with Crippen molar-refractivity contribution >= 4 is 11.8 Å². The summed E-state index contributed by atoms with van der Waals surface area (Å²) in [7, 11) is 1.68. The van der Waals surface area contributed by atoms with Gasteiger partial charge < -0.3 is 20.0 Å². The Balaban J connectivity index is 2.19. The minimum atomic E-state index is -0.408. The van der Waals surface area contributed by atoms with Crippen LogP contribution in [0.5, 0.6) is 11.5 Å². The second-order valence-corrected chi connectivity index (χ2v) is 4.24. The molecule has 1 fully saturated rings. The van der Waals surface area contributed by atoms with Gasteiger partial charge in [0.25, 0.3) is 5.91 Å². The molecule has 18 heavy (non-hydrogen) atoms. The van der Waals surface area contributed by atoms with Gasteiger partial charge in [-0.25, -0.2) is 0 Å². The van der Waals surface area contributed by atoms with Crippen LogP contribution in [0.15, 0.2) is 18.2 Å². The van der Waals surface area contributed by atoms with Gasteiger partial charge in [-0.1, -0.05) is 0 Å². The zero-order valence-corrected chi connectivity index (χ0v) is 9.96. The van der Waals surface area contributed by atoms with Crippen LogP contribution in [0.3, 0.4) is 0 Å². The van der Waals surface area contributed by atoms with E-state index in [-0.39, 0.29) is 29.5 Å². The summed E-state index contributed by atoms with van der Waals surface area (Å²) in [6.45, 7) is 0.917. The number of likely N-dealkylation sites (N-methyl/N-ethyl adjacent to an activating group) is 1. The fourth-order valence-electron chi connectivity index (χ4n) is 1.80. The van der Waals surface area contributed by atoms with Gasteiger partial charge in [0.2, 0.25) is 5.91 Å². The largest absolute Gasteiger partial charge is 0.508 e. The lowest BCUT2D eigenvalue weighted by Gasteiger charge is -2.32. The predicted octanol–water partition coefficient (Wildman–Crippen LogP) is 0.0120. The number of carbonyl (C=O) groups excluding carboxylic acids is 2. The van der Waals surface area contributed by atoms with Crippen molar-refractivity contribution in [1.29, 1.82) is 0 Å². The number of phenolic OH excluding ortho intramolecular Hbond substituents is 2. The zero-order valence-electron chi connectivity index (χ0n) is 9.96. The smallest absolute Gasteiger partial charge is 0.258 e. The Hall–Kier alpha value is -2.24. The average Bonchev–Trinajstić information content (AvgIpc) is 2.32. The molecule has 0 radical (unpaired) electrons. The Bertz CT molecular complexity index is 501. The van der Waals surface area contributed by atoms with Crippen LogP contribution < -0.4 is 0 Å². The molecule has 1 aromatic carbocycles. The third-order valence-electron chi connectivity index (χ3n) is 2.96. The summed E-state index contributed by atoms with van der Waals surface area (Å²) >= 11 is 0. The number of hydrogen-bond donors (Lipinski definition) is 2. The molecule has 0 aromatic heterocycles. The van der Waals surface area contributed by atoms with Gasteiger partial charge in [-0.3, -0.25) is 9.59 Å². The first-order valence-electron chi connectivity index (χ1n) is 5.54. The molecule has 0 aliphatic carbocycles. The van der Waals surface area contributed by atoms with Crippen LogP contribution in [0, 0.1) is 0 Å². The molecular formula is C12H14N2O4. The first kappa shape index (κ1) is 12.2. The lowest BCUT2D eigenvalue weighted by molar-refractivity contribution is -0.133. The molecular weight excluding hydrogens is 236 g/mol. The molecule has 1 heterocycles. The van der Waals surface area contributed by atoms with Crippen molar-refractivity contribution in [2.75, 3.05) is 26.7 Å². The van der Waals surface area contributed by atoms with E-state index in [1.807, 2.05) is 0 Å². The van der Waals surface area contributed by atoms with Crippen molar-refractivity contribution in [2.24, 2.45) is 0 Å². The van der Waals surface area contributed by atoms with Crippen LogP contribution in [0.2, 0.25) is 0 Å². The van der Waals surface area contributed by atoms with E-state index in [1.165, 1.54) is 17.0 Å². The molecule has 1 saturated heterocycles. The number of carbonyl (C=O) groups is 2. The molecule has 0 atom stereocenters. The molecule has 6 heteroatoms. The van der Waals surface area contributed by atoms with E-state index in [0.717, 1.165) is 6.07 Å². The Morgan fingerprint density at radius 1 is 1.28 bits per heavy atom. The Labute approximate surface area is 104 Å². The van der Waals surface area contributed by atoms with Gasteiger partial charge >= 0.3 is 0 Å². The van der Waals surface area contributed by atoms with E-state index in [9.17, 15) is 14.7 Å². The molecule has 2 rings (SSSR count). The van der Waals surface area contributed by atoms with Gasteiger partial charge in [0, 0.05) is 26.2 Å². The summed E-state index contributed by atoms with van der Waals surface area (Å²) in [5, 5.41) is 18.8. The van der Waals surface area contributed by atoms with Gasteiger partial charge in [-0.15, -0.1) is 0 Å². The summed E-state index contributed by atoms with van der Waals surface area (Å²) < 4.78 is 0. The van der Waals surface area contributed by atoms with Crippen molar-refractivity contribution in [2.45, 2.75) is 0 Å². The van der Waals surface area contributed by atoms with E-state index in [4.69, 9.17) is 5.11 Å². The normalized spacial score (nSPS) is 15.9. The maximum atomic E-state index is 12.1. The number of rotatable bonds is 1. The summed E-state index contributed by atoms with van der Waals surface area (Å²) in [6.07, 6.45) is 0. The van der Waals surface area contributed by atoms with E-state index in [0.29, 0.717) is 13.1 Å². The van der Waals surface area contributed by atoms with Crippen LogP contribution in [0.25, 0.3) is 0 Å². The molecule has 1 aromatic rings. The first-order valence-corrected chi connectivity index (χ1v) is 5.54. The fourth-order valence-corrected chi connectivity index (χ4v) is 1.80. The van der Waals surface area contributed by atoms with Gasteiger partial charge in [0.1, 0.15) is 18.0 Å². The molecule has 0 spiro atoms. The van der Waals surface area contributed by atoms with Crippen molar-refractivity contribution in [3.8, 4) is 11.5 Å². The number of piperazine rings is 1. The Morgan fingerprint density at radius 2 is 2.00 bits per heavy atom. The monoisotopic (exact) mass is 250 g/mol. The highest BCUT2D eigenvalue weighted by atomic mass is 16.3. The van der Waals surface area contributed by atoms with Crippen molar-refractivity contribution in [3.05, 3.63) is 23.8 Å². The van der Waals surface area contributed by atoms with Crippen LogP contribution in [-0.4, -0.2) is 58.5 Å². The summed E-state index contributed by atoms with van der Waals surface area (Å²) in [5.74, 6) is -0.938. The van der Waals surface area contributed by atoms with E-state index < -0.39 is 5.91 Å². The number of nitrogens with zero attached hydrogens (tertiary/aromatic N) is 2. The summed E-state index contributed by atoms with van der Waals surface area (Å²) in [5.41, 5.74) is 0.0881. The zero-order chi connectivity index (χ0) is 13.3. The molecule has 6 nitrogen and oxygen atoms in total. The number of benzene rings is 1. The Kier molecular flexibility index (Phi) is 3.10. The maximum absolute atomic E-state index is 12.1.